The molecule has 1 aromatic carbocycles. The van der Waals surface area contributed by atoms with Crippen molar-refractivity contribution in [2.75, 3.05) is 0 Å². The van der Waals surface area contributed by atoms with E-state index in [1.807, 2.05) is 30.3 Å². The second-order valence-corrected chi connectivity index (χ2v) is 6.59. The fourth-order valence-corrected chi connectivity index (χ4v) is 3.45. The summed E-state index contributed by atoms with van der Waals surface area (Å²) >= 11 is 5.95. The van der Waals surface area contributed by atoms with Gasteiger partial charge >= 0.3 is 6.18 Å². The van der Waals surface area contributed by atoms with Crippen molar-refractivity contribution in [3.05, 3.63) is 53.6 Å². The van der Waals surface area contributed by atoms with Crippen molar-refractivity contribution in [3.8, 4) is 17.2 Å². The van der Waals surface area contributed by atoms with Gasteiger partial charge in [0.15, 0.2) is 17.0 Å². The van der Waals surface area contributed by atoms with E-state index in [0.29, 0.717) is 16.7 Å². The lowest BCUT2D eigenvalue weighted by atomic mass is 10.3. The Morgan fingerprint density at radius 2 is 1.79 bits per heavy atom. The van der Waals surface area contributed by atoms with Crippen LogP contribution in [0.3, 0.4) is 0 Å². The fourth-order valence-electron chi connectivity index (χ4n) is 3.10. The maximum absolute atomic E-state index is 13.1. The minimum atomic E-state index is -4.68. The summed E-state index contributed by atoms with van der Waals surface area (Å²) in [6.45, 7) is 0. The van der Waals surface area contributed by atoms with Gasteiger partial charge in [-0.05, 0) is 12.1 Å². The van der Waals surface area contributed by atoms with Gasteiger partial charge in [0.25, 0.3) is 0 Å². The van der Waals surface area contributed by atoms with Gasteiger partial charge < -0.3 is 0 Å². The van der Waals surface area contributed by atoms with Gasteiger partial charge in [0.1, 0.15) is 17.0 Å². The summed E-state index contributed by atoms with van der Waals surface area (Å²) in [5.41, 5.74) is 0.512. The lowest BCUT2D eigenvalue weighted by Crippen LogP contribution is -2.07. The Labute approximate surface area is 165 Å². The third-order valence-electron chi connectivity index (χ3n) is 4.38. The lowest BCUT2D eigenvalue weighted by Gasteiger charge is -2.01. The molecule has 8 nitrogen and oxygen atoms in total. The van der Waals surface area contributed by atoms with Crippen LogP contribution in [0, 0.1) is 0 Å². The molecule has 29 heavy (non-hydrogen) atoms. The van der Waals surface area contributed by atoms with Crippen molar-refractivity contribution in [1.29, 1.82) is 0 Å². The van der Waals surface area contributed by atoms with Crippen molar-refractivity contribution in [1.82, 2.24) is 39.1 Å². The molecule has 0 saturated carbocycles. The number of halogens is 4. The van der Waals surface area contributed by atoms with E-state index >= 15 is 0 Å². The van der Waals surface area contributed by atoms with Crippen LogP contribution in [0.25, 0.3) is 33.9 Å². The zero-order valence-corrected chi connectivity index (χ0v) is 15.4. The summed E-state index contributed by atoms with van der Waals surface area (Å²) in [7, 11) is 1.35. The monoisotopic (exact) mass is 418 g/mol. The van der Waals surface area contributed by atoms with Gasteiger partial charge in [-0.3, -0.25) is 4.68 Å². The highest BCUT2D eigenvalue weighted by molar-refractivity contribution is 6.33. The number of nitrogens with zero attached hydrogens (tertiary/aromatic N) is 8. The second-order valence-electron chi connectivity index (χ2n) is 6.21. The van der Waals surface area contributed by atoms with Crippen LogP contribution in [0.2, 0.25) is 5.02 Å². The maximum Gasteiger partial charge on any atom is 0.436 e. The predicted octanol–water partition coefficient (Wildman–Crippen LogP) is 3.54. The summed E-state index contributed by atoms with van der Waals surface area (Å²) in [4.78, 5) is 8.75. The first-order valence-corrected chi connectivity index (χ1v) is 8.67. The van der Waals surface area contributed by atoms with Crippen LogP contribution >= 0.6 is 11.6 Å². The molecule has 0 aliphatic rings. The highest BCUT2D eigenvalue weighted by Crippen LogP contribution is 2.38. The van der Waals surface area contributed by atoms with Crippen molar-refractivity contribution < 1.29 is 13.2 Å². The summed E-state index contributed by atoms with van der Waals surface area (Å²) in [5.74, 6) is 0.00209. The molecule has 0 fully saturated rings. The summed E-state index contributed by atoms with van der Waals surface area (Å²) < 4.78 is 43.3. The van der Waals surface area contributed by atoms with Crippen LogP contribution in [0.4, 0.5) is 13.2 Å². The topological polar surface area (TPSA) is 78.7 Å². The molecular weight excluding hydrogens is 409 g/mol. The van der Waals surface area contributed by atoms with Crippen LogP contribution < -0.4 is 0 Å². The number of para-hydroxylation sites is 1. The highest BCUT2D eigenvalue weighted by atomic mass is 35.5. The van der Waals surface area contributed by atoms with E-state index in [1.165, 1.54) is 17.9 Å². The highest BCUT2D eigenvalue weighted by Gasteiger charge is 2.39. The van der Waals surface area contributed by atoms with Crippen molar-refractivity contribution in [3.63, 3.8) is 0 Å². The Kier molecular flexibility index (Phi) is 3.65. The van der Waals surface area contributed by atoms with Gasteiger partial charge in [0, 0.05) is 7.05 Å². The molecule has 0 N–H and O–H groups in total. The normalized spacial score (nSPS) is 12.3. The first-order chi connectivity index (χ1) is 13.8. The van der Waals surface area contributed by atoms with Gasteiger partial charge in [-0.15, -0.1) is 5.10 Å². The number of fused-ring (bicyclic) bond motifs is 3. The molecule has 4 heterocycles. The third-order valence-corrected chi connectivity index (χ3v) is 4.73. The molecule has 146 valence electrons. The standard InChI is InChI=1S/C17H10ClF3N8/c1-27-12(11(18)13(25-27)17(19,20)21)14-24-16-10-7-23-29(9-5-3-2-4-6-9)15(10)22-8-28(16)26-14/h2-8H,1H3. The number of aromatic nitrogens is 8. The molecule has 0 unspecified atom stereocenters. The van der Waals surface area contributed by atoms with Crippen LogP contribution in [-0.4, -0.2) is 39.1 Å². The quantitative estimate of drug-likeness (QED) is 0.438. The van der Waals surface area contributed by atoms with Gasteiger partial charge in [-0.2, -0.15) is 23.4 Å². The van der Waals surface area contributed by atoms with Crippen LogP contribution in [0.5, 0.6) is 0 Å². The molecule has 4 aromatic heterocycles. The van der Waals surface area contributed by atoms with Gasteiger partial charge in [-0.25, -0.2) is 19.2 Å². The lowest BCUT2D eigenvalue weighted by molar-refractivity contribution is -0.141. The van der Waals surface area contributed by atoms with E-state index in [4.69, 9.17) is 11.6 Å². The average molecular weight is 419 g/mol. The molecule has 0 aliphatic carbocycles. The van der Waals surface area contributed by atoms with E-state index in [2.05, 4.69) is 25.3 Å². The molecule has 0 radical (unpaired) electrons. The van der Waals surface area contributed by atoms with Gasteiger partial charge in [-0.1, -0.05) is 29.8 Å². The zero-order valence-electron chi connectivity index (χ0n) is 14.6. The van der Waals surface area contributed by atoms with Crippen molar-refractivity contribution in [2.45, 2.75) is 6.18 Å². The molecule has 5 rings (SSSR count). The minimum absolute atomic E-state index is 0.00209. The third kappa shape index (κ3) is 2.65. The molecule has 0 bridgehead atoms. The second kappa shape index (κ2) is 6.01. The fraction of sp³-hybridized carbons (Fsp3) is 0.118. The first kappa shape index (κ1) is 17.6. The average Bonchev–Trinajstić information content (AvgIpc) is 3.36. The number of hydrogen-bond acceptors (Lipinski definition) is 5. The molecule has 12 heteroatoms. The number of rotatable bonds is 2. The Morgan fingerprint density at radius 1 is 1.03 bits per heavy atom. The summed E-state index contributed by atoms with van der Waals surface area (Å²) in [6.07, 6.45) is -1.68. The van der Waals surface area contributed by atoms with E-state index < -0.39 is 16.9 Å². The number of hydrogen-bond donors (Lipinski definition) is 0. The molecule has 0 aliphatic heterocycles. The number of alkyl halides is 3. The van der Waals surface area contributed by atoms with Crippen LogP contribution in [0.15, 0.2) is 42.9 Å². The van der Waals surface area contributed by atoms with Crippen molar-refractivity contribution >= 4 is 28.3 Å². The predicted molar refractivity (Wildman–Crippen MR) is 97.6 cm³/mol. The van der Waals surface area contributed by atoms with Crippen LogP contribution in [-0.2, 0) is 13.2 Å². The van der Waals surface area contributed by atoms with Crippen molar-refractivity contribution in [2.24, 2.45) is 7.05 Å². The Hall–Kier alpha value is -3.47. The molecular formula is C17H10ClF3N8. The summed E-state index contributed by atoms with van der Waals surface area (Å²) in [6, 6.07) is 9.39. The maximum atomic E-state index is 13.1. The SMILES string of the molecule is Cn1nc(C(F)(F)F)c(Cl)c1-c1nc2c3cnn(-c4ccccc4)c3ncn2n1. The summed E-state index contributed by atoms with van der Waals surface area (Å²) in [5, 5.41) is 12.1. The Morgan fingerprint density at radius 3 is 2.48 bits per heavy atom. The Balaban J connectivity index is 1.70. The van der Waals surface area contributed by atoms with E-state index in [9.17, 15) is 13.2 Å². The zero-order chi connectivity index (χ0) is 20.3. The molecule has 5 aromatic rings. The molecule has 0 atom stereocenters. The minimum Gasteiger partial charge on any atom is -0.262 e. The Bertz CT molecular complexity index is 1370. The first-order valence-electron chi connectivity index (χ1n) is 8.29. The van der Waals surface area contributed by atoms with E-state index in [-0.39, 0.29) is 11.5 Å². The van der Waals surface area contributed by atoms with Gasteiger partial charge in [0.05, 0.1) is 17.3 Å². The molecule has 0 spiro atoms. The molecule has 0 saturated heterocycles. The van der Waals surface area contributed by atoms with E-state index in [0.717, 1.165) is 10.4 Å². The molecule has 0 amide bonds. The number of aryl methyl sites for hydroxylation is 1. The smallest absolute Gasteiger partial charge is 0.262 e. The largest absolute Gasteiger partial charge is 0.436 e. The number of benzene rings is 1. The van der Waals surface area contributed by atoms with Crippen LogP contribution in [0.1, 0.15) is 5.69 Å². The van der Waals surface area contributed by atoms with Gasteiger partial charge in [0.2, 0.25) is 5.82 Å². The van der Waals surface area contributed by atoms with E-state index in [1.54, 1.807) is 10.9 Å².